The number of hydrogen-bond acceptors (Lipinski definition) is 5. The van der Waals surface area contributed by atoms with E-state index in [4.69, 9.17) is 5.11 Å². The quantitative estimate of drug-likeness (QED) is 0.601. The lowest BCUT2D eigenvalue weighted by atomic mass is 10.2. The first-order valence-electron chi connectivity index (χ1n) is 6.66. The molecule has 0 spiro atoms. The van der Waals surface area contributed by atoms with E-state index in [0.717, 1.165) is 23.1 Å². The molecule has 2 amide bonds. The zero-order valence-electron chi connectivity index (χ0n) is 12.1. The first kappa shape index (κ1) is 17.7. The number of alkyl halides is 3. The number of hydrogen-bond donors (Lipinski definition) is 2. The van der Waals surface area contributed by atoms with Crippen molar-refractivity contribution in [3.8, 4) is 5.75 Å². The third-order valence-corrected chi connectivity index (χ3v) is 2.94. The van der Waals surface area contributed by atoms with Crippen LogP contribution in [0.1, 0.15) is 0 Å². The van der Waals surface area contributed by atoms with E-state index in [1.54, 1.807) is 0 Å². The average Bonchev–Trinajstić information content (AvgIpc) is 2.73. The lowest BCUT2D eigenvalue weighted by molar-refractivity contribution is -0.153. The Hall–Kier alpha value is -2.62. The summed E-state index contributed by atoms with van der Waals surface area (Å²) in [5.41, 5.74) is -0.0954. The van der Waals surface area contributed by atoms with Gasteiger partial charge in [-0.05, 0) is 12.1 Å². The molecule has 0 atom stereocenters. The third-order valence-electron chi connectivity index (χ3n) is 2.94. The molecule has 1 aliphatic rings. The average molecular weight is 348 g/mol. The van der Waals surface area contributed by atoms with Gasteiger partial charge in [0.15, 0.2) is 18.2 Å². The molecule has 0 saturated carbocycles. The molecule has 1 aromatic rings. The topological polar surface area (TPSA) is 78.9 Å². The van der Waals surface area contributed by atoms with Gasteiger partial charge in [0.25, 0.3) is 11.8 Å². The van der Waals surface area contributed by atoms with Gasteiger partial charge >= 0.3 is 6.18 Å². The molecule has 24 heavy (non-hydrogen) atoms. The number of imide groups is 1. The highest BCUT2D eigenvalue weighted by Gasteiger charge is 2.31. The minimum Gasteiger partial charge on any atom is -0.481 e. The normalized spacial score (nSPS) is 14.9. The summed E-state index contributed by atoms with van der Waals surface area (Å²) in [7, 11) is 0. The van der Waals surface area contributed by atoms with Crippen molar-refractivity contribution in [1.29, 1.82) is 0 Å². The predicted molar refractivity (Wildman–Crippen MR) is 73.5 cm³/mol. The van der Waals surface area contributed by atoms with Crippen LogP contribution in [0, 0.1) is 5.82 Å². The molecule has 0 saturated heterocycles. The molecule has 2 N–H and O–H groups in total. The van der Waals surface area contributed by atoms with Crippen molar-refractivity contribution in [3.05, 3.63) is 35.8 Å². The molecular weight excluding hydrogens is 336 g/mol. The maximum Gasteiger partial charge on any atom is 0.422 e. The van der Waals surface area contributed by atoms with Crippen molar-refractivity contribution in [1.82, 2.24) is 4.90 Å². The Morgan fingerprint density at radius 3 is 2.54 bits per heavy atom. The van der Waals surface area contributed by atoms with E-state index in [1.807, 2.05) is 0 Å². The number of rotatable bonds is 6. The van der Waals surface area contributed by atoms with E-state index in [9.17, 15) is 27.2 Å². The Bertz CT molecular complexity index is 688. The van der Waals surface area contributed by atoms with Crippen LogP contribution in [0.4, 0.5) is 23.2 Å². The summed E-state index contributed by atoms with van der Waals surface area (Å²) < 4.78 is 54.2. The first-order valence-corrected chi connectivity index (χ1v) is 6.66. The van der Waals surface area contributed by atoms with Gasteiger partial charge in [0.2, 0.25) is 0 Å². The highest BCUT2D eigenvalue weighted by atomic mass is 19.4. The van der Waals surface area contributed by atoms with Crippen LogP contribution >= 0.6 is 0 Å². The summed E-state index contributed by atoms with van der Waals surface area (Å²) in [4.78, 5) is 24.2. The number of nitrogens with zero attached hydrogens (tertiary/aromatic N) is 1. The zero-order chi connectivity index (χ0) is 17.9. The monoisotopic (exact) mass is 348 g/mol. The number of nitrogens with one attached hydrogen (secondary N) is 1. The van der Waals surface area contributed by atoms with Crippen molar-refractivity contribution in [2.75, 3.05) is 25.1 Å². The molecule has 10 heteroatoms. The summed E-state index contributed by atoms with van der Waals surface area (Å²) >= 11 is 0. The minimum absolute atomic E-state index is 0.0464. The lowest BCUT2D eigenvalue weighted by Gasteiger charge is -2.14. The lowest BCUT2D eigenvalue weighted by Crippen LogP contribution is -2.34. The van der Waals surface area contributed by atoms with Gasteiger partial charge < -0.3 is 15.2 Å². The molecule has 0 aliphatic carbocycles. The van der Waals surface area contributed by atoms with E-state index < -0.39 is 42.8 Å². The standard InChI is InChI=1S/C14H12F4N2O4/c15-9-5-8(1-2-11(9)24-7-14(16,17)18)19-10-6-12(22)20(3-4-21)13(10)23/h1-2,5-6,19,21H,3-4,7H2. The van der Waals surface area contributed by atoms with E-state index in [1.165, 1.54) is 6.07 Å². The highest BCUT2D eigenvalue weighted by molar-refractivity contribution is 6.17. The summed E-state index contributed by atoms with van der Waals surface area (Å²) in [6, 6.07) is 3.00. The molecule has 1 heterocycles. The van der Waals surface area contributed by atoms with E-state index in [0.29, 0.717) is 0 Å². The second-order valence-electron chi connectivity index (χ2n) is 4.75. The van der Waals surface area contributed by atoms with Crippen molar-refractivity contribution in [2.45, 2.75) is 6.18 Å². The molecule has 0 fully saturated rings. The predicted octanol–water partition coefficient (Wildman–Crippen LogP) is 1.42. The van der Waals surface area contributed by atoms with Crippen molar-refractivity contribution in [2.24, 2.45) is 0 Å². The summed E-state index contributed by atoms with van der Waals surface area (Å²) in [6.45, 7) is -2.22. The second kappa shape index (κ2) is 6.87. The Labute approximate surface area is 133 Å². The fraction of sp³-hybridized carbons (Fsp3) is 0.286. The van der Waals surface area contributed by atoms with Gasteiger partial charge in [-0.25, -0.2) is 4.39 Å². The number of β-amino-alcohol motifs (C(OH)–C–C–N with tert-alkyl or cyclic N) is 1. The number of anilines is 1. The molecule has 2 rings (SSSR count). The van der Waals surface area contributed by atoms with Gasteiger partial charge in [-0.1, -0.05) is 0 Å². The molecular formula is C14H12F4N2O4. The van der Waals surface area contributed by atoms with E-state index in [-0.39, 0.29) is 17.9 Å². The second-order valence-corrected chi connectivity index (χ2v) is 4.75. The molecule has 1 aliphatic heterocycles. The first-order chi connectivity index (χ1) is 11.2. The maximum atomic E-state index is 13.7. The van der Waals surface area contributed by atoms with Crippen molar-refractivity contribution in [3.63, 3.8) is 0 Å². The fourth-order valence-corrected chi connectivity index (χ4v) is 1.92. The van der Waals surface area contributed by atoms with Crippen LogP contribution < -0.4 is 10.1 Å². The Kier molecular flexibility index (Phi) is 5.07. The zero-order valence-corrected chi connectivity index (χ0v) is 12.1. The van der Waals surface area contributed by atoms with Gasteiger partial charge in [0.05, 0.1) is 13.2 Å². The largest absolute Gasteiger partial charge is 0.481 e. The maximum absolute atomic E-state index is 13.7. The molecule has 1 aromatic carbocycles. The third kappa shape index (κ3) is 4.22. The van der Waals surface area contributed by atoms with Crippen LogP contribution in [-0.4, -0.2) is 47.8 Å². The number of carbonyl (C=O) groups is 2. The van der Waals surface area contributed by atoms with Gasteiger partial charge in [-0.15, -0.1) is 0 Å². The number of amides is 2. The van der Waals surface area contributed by atoms with Gasteiger partial charge in [-0.2, -0.15) is 13.2 Å². The van der Waals surface area contributed by atoms with Crippen LogP contribution in [0.25, 0.3) is 0 Å². The Balaban J connectivity index is 2.06. The Morgan fingerprint density at radius 2 is 1.96 bits per heavy atom. The van der Waals surface area contributed by atoms with Crippen LogP contribution in [0.2, 0.25) is 0 Å². The van der Waals surface area contributed by atoms with Crippen molar-refractivity contribution < 1.29 is 37.0 Å². The van der Waals surface area contributed by atoms with Crippen LogP contribution in [-0.2, 0) is 9.59 Å². The number of aliphatic hydroxyl groups is 1. The summed E-state index contributed by atoms with van der Waals surface area (Å²) in [6.07, 6.45) is -3.62. The van der Waals surface area contributed by atoms with Crippen LogP contribution in [0.3, 0.4) is 0 Å². The number of ether oxygens (including phenoxy) is 1. The number of halogens is 4. The van der Waals surface area contributed by atoms with Gasteiger partial charge in [0, 0.05) is 17.8 Å². The summed E-state index contributed by atoms with van der Waals surface area (Å²) in [5.74, 6) is -2.99. The molecule has 130 valence electrons. The number of benzene rings is 1. The van der Waals surface area contributed by atoms with Crippen molar-refractivity contribution >= 4 is 17.5 Å². The van der Waals surface area contributed by atoms with E-state index >= 15 is 0 Å². The summed E-state index contributed by atoms with van der Waals surface area (Å²) in [5, 5.41) is 11.3. The molecule has 0 radical (unpaired) electrons. The molecule has 6 nitrogen and oxygen atoms in total. The molecule has 0 unspecified atom stereocenters. The fourth-order valence-electron chi connectivity index (χ4n) is 1.92. The van der Waals surface area contributed by atoms with Gasteiger partial charge in [-0.3, -0.25) is 14.5 Å². The molecule has 0 aromatic heterocycles. The minimum atomic E-state index is -4.60. The molecule has 0 bridgehead atoms. The van der Waals surface area contributed by atoms with Gasteiger partial charge in [0.1, 0.15) is 5.70 Å². The van der Waals surface area contributed by atoms with Crippen LogP contribution in [0.15, 0.2) is 30.0 Å². The smallest absolute Gasteiger partial charge is 0.422 e. The van der Waals surface area contributed by atoms with E-state index in [2.05, 4.69) is 10.1 Å². The number of carbonyl (C=O) groups excluding carboxylic acids is 2. The SMILES string of the molecule is O=C1C=C(Nc2ccc(OCC(F)(F)F)c(F)c2)C(=O)N1CCO. The number of aliphatic hydroxyl groups excluding tert-OH is 1. The Morgan fingerprint density at radius 1 is 1.25 bits per heavy atom. The highest BCUT2D eigenvalue weighted by Crippen LogP contribution is 2.25. The van der Waals surface area contributed by atoms with Crippen LogP contribution in [0.5, 0.6) is 5.75 Å².